The molecule has 106 valence electrons. The minimum absolute atomic E-state index is 0.218. The summed E-state index contributed by atoms with van der Waals surface area (Å²) in [5.74, 6) is 0. The molecule has 21 heavy (non-hydrogen) atoms. The predicted molar refractivity (Wildman–Crippen MR) is 84.6 cm³/mol. The molecule has 2 aromatic carbocycles. The summed E-state index contributed by atoms with van der Waals surface area (Å²) in [4.78, 5) is 0. The van der Waals surface area contributed by atoms with Crippen LogP contribution >= 0.6 is 0 Å². The van der Waals surface area contributed by atoms with Gasteiger partial charge in [-0.1, -0.05) is 47.2 Å². The van der Waals surface area contributed by atoms with Crippen molar-refractivity contribution < 1.29 is 0 Å². The first-order valence-corrected chi connectivity index (χ1v) is 7.03. The minimum atomic E-state index is 0.218. The van der Waals surface area contributed by atoms with E-state index >= 15 is 0 Å². The van der Waals surface area contributed by atoms with Gasteiger partial charge >= 0.3 is 0 Å². The first-order valence-electron chi connectivity index (χ1n) is 7.03. The summed E-state index contributed by atoms with van der Waals surface area (Å²) in [7, 11) is 0. The van der Waals surface area contributed by atoms with E-state index in [0.29, 0.717) is 0 Å². The van der Waals surface area contributed by atoms with Gasteiger partial charge in [-0.15, -0.1) is 5.10 Å². The number of benzene rings is 2. The number of para-hydroxylation sites is 2. The summed E-state index contributed by atoms with van der Waals surface area (Å²) in [6.45, 7) is 4.25. The van der Waals surface area contributed by atoms with Crippen LogP contribution in [0.2, 0.25) is 0 Å². The van der Waals surface area contributed by atoms with Gasteiger partial charge in [0.15, 0.2) is 0 Å². The van der Waals surface area contributed by atoms with Crippen LogP contribution in [-0.2, 0) is 0 Å². The summed E-state index contributed by atoms with van der Waals surface area (Å²) in [5.41, 5.74) is 4.56. The Labute approximate surface area is 124 Å². The molecule has 0 bridgehead atoms. The van der Waals surface area contributed by atoms with Crippen LogP contribution in [0, 0.1) is 6.92 Å². The molecule has 0 saturated heterocycles. The molecule has 3 aromatic rings. The maximum atomic E-state index is 4.07. The van der Waals surface area contributed by atoms with E-state index in [2.05, 4.69) is 59.8 Å². The molecule has 0 spiro atoms. The number of rotatable bonds is 4. The molecule has 0 aliphatic heterocycles. The van der Waals surface area contributed by atoms with Crippen LogP contribution < -0.4 is 5.32 Å². The number of hydrogen-bond donors (Lipinski definition) is 1. The molecule has 3 rings (SSSR count). The minimum Gasteiger partial charge on any atom is -0.377 e. The van der Waals surface area contributed by atoms with Crippen molar-refractivity contribution in [2.24, 2.45) is 0 Å². The van der Waals surface area contributed by atoms with Crippen LogP contribution in [0.4, 0.5) is 5.69 Å². The van der Waals surface area contributed by atoms with Crippen molar-refractivity contribution in [2.45, 2.75) is 19.9 Å². The van der Waals surface area contributed by atoms with E-state index in [1.807, 2.05) is 24.4 Å². The zero-order valence-electron chi connectivity index (χ0n) is 12.2. The fourth-order valence-corrected chi connectivity index (χ4v) is 2.30. The summed E-state index contributed by atoms with van der Waals surface area (Å²) in [6, 6.07) is 16.9. The number of hydrogen-bond acceptors (Lipinski definition) is 3. The quantitative estimate of drug-likeness (QED) is 0.790. The van der Waals surface area contributed by atoms with Crippen LogP contribution in [0.15, 0.2) is 60.9 Å². The molecule has 1 heterocycles. The average molecular weight is 278 g/mol. The highest BCUT2D eigenvalue weighted by atomic mass is 15.4. The smallest absolute Gasteiger partial charge is 0.0894 e. The van der Waals surface area contributed by atoms with Crippen molar-refractivity contribution >= 4 is 5.69 Å². The fraction of sp³-hybridized carbons (Fsp3) is 0.176. The van der Waals surface area contributed by atoms with Crippen LogP contribution in [0.1, 0.15) is 24.1 Å². The molecule has 0 aliphatic carbocycles. The summed E-state index contributed by atoms with van der Waals surface area (Å²) < 4.78 is 1.77. The third-order valence-electron chi connectivity index (χ3n) is 3.52. The zero-order chi connectivity index (χ0) is 14.7. The lowest BCUT2D eigenvalue weighted by atomic mass is 10.1. The van der Waals surface area contributed by atoms with Crippen molar-refractivity contribution in [3.05, 3.63) is 72.1 Å². The van der Waals surface area contributed by atoms with E-state index in [0.717, 1.165) is 11.4 Å². The van der Waals surface area contributed by atoms with Gasteiger partial charge in [-0.3, -0.25) is 0 Å². The topological polar surface area (TPSA) is 42.7 Å². The van der Waals surface area contributed by atoms with E-state index < -0.39 is 0 Å². The SMILES string of the molecule is Cc1ccc(C(C)Nc2ccccc2-n2ccnn2)cc1. The molecule has 4 nitrogen and oxygen atoms in total. The Morgan fingerprint density at radius 2 is 1.81 bits per heavy atom. The zero-order valence-corrected chi connectivity index (χ0v) is 12.2. The first kappa shape index (κ1) is 13.4. The normalized spacial score (nSPS) is 12.1. The standard InChI is InChI=1S/C17H18N4/c1-13-7-9-15(10-8-13)14(2)19-16-5-3-4-6-17(16)21-12-11-18-20-21/h3-12,14,19H,1-2H3. The second kappa shape index (κ2) is 5.79. The van der Waals surface area contributed by atoms with E-state index in [9.17, 15) is 0 Å². The number of nitrogens with one attached hydrogen (secondary N) is 1. The van der Waals surface area contributed by atoms with Gasteiger partial charge in [0.25, 0.3) is 0 Å². The average Bonchev–Trinajstić information content (AvgIpc) is 3.02. The van der Waals surface area contributed by atoms with E-state index in [4.69, 9.17) is 0 Å². The molecule has 0 fully saturated rings. The highest BCUT2D eigenvalue weighted by Gasteiger charge is 2.09. The molecular weight excluding hydrogens is 260 g/mol. The van der Waals surface area contributed by atoms with Crippen LogP contribution in [0.5, 0.6) is 0 Å². The summed E-state index contributed by atoms with van der Waals surface area (Å²) in [6.07, 6.45) is 3.53. The van der Waals surface area contributed by atoms with Crippen molar-refractivity contribution in [3.63, 3.8) is 0 Å². The predicted octanol–water partition coefficient (Wildman–Crippen LogP) is 3.75. The lowest BCUT2D eigenvalue weighted by Crippen LogP contribution is -2.09. The Hall–Kier alpha value is -2.62. The number of nitrogens with zero attached hydrogens (tertiary/aromatic N) is 3. The second-order valence-corrected chi connectivity index (χ2v) is 5.14. The lowest BCUT2D eigenvalue weighted by Gasteiger charge is -2.18. The molecule has 0 aliphatic rings. The van der Waals surface area contributed by atoms with Gasteiger partial charge in [-0.05, 0) is 31.5 Å². The highest BCUT2D eigenvalue weighted by Crippen LogP contribution is 2.24. The van der Waals surface area contributed by atoms with Crippen LogP contribution in [0.25, 0.3) is 5.69 Å². The van der Waals surface area contributed by atoms with Crippen LogP contribution in [0.3, 0.4) is 0 Å². The largest absolute Gasteiger partial charge is 0.377 e. The number of aryl methyl sites for hydroxylation is 1. The third kappa shape index (κ3) is 2.94. The Balaban J connectivity index is 1.86. The van der Waals surface area contributed by atoms with Gasteiger partial charge in [-0.2, -0.15) is 0 Å². The molecule has 0 amide bonds. The van der Waals surface area contributed by atoms with Gasteiger partial charge in [0.05, 0.1) is 23.8 Å². The van der Waals surface area contributed by atoms with Gasteiger partial charge in [-0.25, -0.2) is 4.68 Å². The molecule has 1 atom stereocenters. The molecule has 0 saturated carbocycles. The summed E-state index contributed by atoms with van der Waals surface area (Å²) in [5, 5.41) is 11.5. The Morgan fingerprint density at radius 3 is 2.52 bits per heavy atom. The third-order valence-corrected chi connectivity index (χ3v) is 3.52. The lowest BCUT2D eigenvalue weighted by molar-refractivity contribution is 0.798. The van der Waals surface area contributed by atoms with Gasteiger partial charge in [0.2, 0.25) is 0 Å². The summed E-state index contributed by atoms with van der Waals surface area (Å²) >= 11 is 0. The van der Waals surface area contributed by atoms with Crippen molar-refractivity contribution in [3.8, 4) is 5.69 Å². The molecule has 4 heteroatoms. The maximum Gasteiger partial charge on any atom is 0.0894 e. The Bertz CT molecular complexity index is 702. The van der Waals surface area contributed by atoms with Gasteiger partial charge in [0, 0.05) is 6.04 Å². The van der Waals surface area contributed by atoms with E-state index in [1.165, 1.54) is 11.1 Å². The Morgan fingerprint density at radius 1 is 1.05 bits per heavy atom. The van der Waals surface area contributed by atoms with E-state index in [-0.39, 0.29) is 6.04 Å². The Kier molecular flexibility index (Phi) is 3.69. The van der Waals surface area contributed by atoms with E-state index in [1.54, 1.807) is 10.9 Å². The number of aromatic nitrogens is 3. The maximum absolute atomic E-state index is 4.07. The van der Waals surface area contributed by atoms with Gasteiger partial charge < -0.3 is 5.32 Å². The van der Waals surface area contributed by atoms with Crippen molar-refractivity contribution in [1.29, 1.82) is 0 Å². The number of anilines is 1. The van der Waals surface area contributed by atoms with Crippen molar-refractivity contribution in [1.82, 2.24) is 15.0 Å². The fourth-order valence-electron chi connectivity index (χ4n) is 2.30. The molecular formula is C17H18N4. The van der Waals surface area contributed by atoms with Crippen molar-refractivity contribution in [2.75, 3.05) is 5.32 Å². The van der Waals surface area contributed by atoms with Crippen LogP contribution in [-0.4, -0.2) is 15.0 Å². The molecule has 1 unspecified atom stereocenters. The molecule has 1 aromatic heterocycles. The second-order valence-electron chi connectivity index (χ2n) is 5.14. The monoisotopic (exact) mass is 278 g/mol. The highest BCUT2D eigenvalue weighted by molar-refractivity contribution is 5.61. The molecule has 0 radical (unpaired) electrons. The van der Waals surface area contributed by atoms with Gasteiger partial charge in [0.1, 0.15) is 0 Å². The molecule has 1 N–H and O–H groups in total. The first-order chi connectivity index (χ1) is 10.2.